The standard InChI is InChI=1S/C13H22BrNO2S2/c1-5-11(6-2)15(9-10(3)4)19(16,17)13-8-7-12(14)18-13/h7-8,10-11H,5-6,9H2,1-4H3. The van der Waals surface area contributed by atoms with Crippen LogP contribution in [-0.4, -0.2) is 25.3 Å². The fourth-order valence-corrected chi connectivity index (χ4v) is 6.13. The van der Waals surface area contributed by atoms with Crippen LogP contribution in [0.3, 0.4) is 0 Å². The van der Waals surface area contributed by atoms with Gasteiger partial charge >= 0.3 is 0 Å². The Balaban J connectivity index is 3.15. The molecule has 19 heavy (non-hydrogen) atoms. The highest BCUT2D eigenvalue weighted by Gasteiger charge is 2.31. The van der Waals surface area contributed by atoms with Crippen molar-refractivity contribution in [2.24, 2.45) is 5.92 Å². The Morgan fingerprint density at radius 1 is 1.26 bits per heavy atom. The number of hydrogen-bond donors (Lipinski definition) is 0. The highest BCUT2D eigenvalue weighted by atomic mass is 79.9. The number of rotatable bonds is 7. The molecule has 0 fully saturated rings. The molecular weight excluding hydrogens is 346 g/mol. The summed E-state index contributed by atoms with van der Waals surface area (Å²) in [6.07, 6.45) is 1.68. The lowest BCUT2D eigenvalue weighted by Gasteiger charge is -2.30. The third-order valence-corrected chi connectivity index (χ3v) is 7.02. The van der Waals surface area contributed by atoms with Crippen molar-refractivity contribution in [3.63, 3.8) is 0 Å². The molecule has 0 radical (unpaired) electrons. The molecule has 0 aromatic carbocycles. The minimum atomic E-state index is -3.38. The van der Waals surface area contributed by atoms with E-state index in [1.54, 1.807) is 16.4 Å². The molecule has 0 amide bonds. The van der Waals surface area contributed by atoms with Crippen LogP contribution in [0.15, 0.2) is 20.1 Å². The topological polar surface area (TPSA) is 37.4 Å². The molecule has 1 aromatic rings. The number of halogens is 1. The first kappa shape index (κ1) is 17.1. The molecule has 6 heteroatoms. The molecule has 0 aliphatic rings. The van der Waals surface area contributed by atoms with E-state index in [9.17, 15) is 8.42 Å². The van der Waals surface area contributed by atoms with Gasteiger partial charge in [-0.1, -0.05) is 27.7 Å². The predicted molar refractivity (Wildman–Crippen MR) is 85.1 cm³/mol. The zero-order valence-corrected chi connectivity index (χ0v) is 15.1. The number of sulfonamides is 1. The van der Waals surface area contributed by atoms with Gasteiger partial charge in [-0.2, -0.15) is 4.31 Å². The molecule has 0 unspecified atom stereocenters. The molecule has 0 saturated heterocycles. The van der Waals surface area contributed by atoms with Gasteiger partial charge in [-0.15, -0.1) is 11.3 Å². The van der Waals surface area contributed by atoms with E-state index in [0.29, 0.717) is 16.7 Å². The number of nitrogens with zero attached hydrogens (tertiary/aromatic N) is 1. The second-order valence-corrected chi connectivity index (χ2v) is 9.58. The maximum atomic E-state index is 12.8. The highest BCUT2D eigenvalue weighted by Crippen LogP contribution is 2.30. The summed E-state index contributed by atoms with van der Waals surface area (Å²) in [4.78, 5) is 0. The van der Waals surface area contributed by atoms with Gasteiger partial charge in [0.2, 0.25) is 0 Å². The van der Waals surface area contributed by atoms with Crippen molar-refractivity contribution >= 4 is 37.3 Å². The fraction of sp³-hybridized carbons (Fsp3) is 0.692. The number of hydrogen-bond acceptors (Lipinski definition) is 3. The zero-order valence-electron chi connectivity index (χ0n) is 11.9. The maximum absolute atomic E-state index is 12.8. The normalized spacial score (nSPS) is 12.8. The van der Waals surface area contributed by atoms with Gasteiger partial charge < -0.3 is 0 Å². The molecule has 110 valence electrons. The highest BCUT2D eigenvalue weighted by molar-refractivity contribution is 9.11. The number of thiophene rings is 1. The quantitative estimate of drug-likeness (QED) is 0.718. The van der Waals surface area contributed by atoms with E-state index in [1.165, 1.54) is 11.3 Å². The average Bonchev–Trinajstić information content (AvgIpc) is 2.76. The van der Waals surface area contributed by atoms with Crippen LogP contribution in [0.25, 0.3) is 0 Å². The van der Waals surface area contributed by atoms with Crippen molar-refractivity contribution < 1.29 is 8.42 Å². The van der Waals surface area contributed by atoms with E-state index in [0.717, 1.165) is 16.6 Å². The van der Waals surface area contributed by atoms with E-state index in [-0.39, 0.29) is 6.04 Å². The molecule has 0 N–H and O–H groups in total. The Morgan fingerprint density at radius 3 is 2.21 bits per heavy atom. The smallest absolute Gasteiger partial charge is 0.206 e. The second kappa shape index (κ2) is 7.20. The van der Waals surface area contributed by atoms with Gasteiger partial charge in [0.15, 0.2) is 0 Å². The van der Waals surface area contributed by atoms with Crippen LogP contribution in [0.4, 0.5) is 0 Å². The van der Waals surface area contributed by atoms with Gasteiger partial charge in [-0.25, -0.2) is 8.42 Å². The first-order chi connectivity index (χ1) is 8.82. The lowest BCUT2D eigenvalue weighted by Crippen LogP contribution is -2.41. The Bertz CT molecular complexity index is 492. The Hall–Kier alpha value is 0.0900. The van der Waals surface area contributed by atoms with Crippen LogP contribution in [-0.2, 0) is 10.0 Å². The van der Waals surface area contributed by atoms with Gasteiger partial charge in [-0.05, 0) is 46.8 Å². The lowest BCUT2D eigenvalue weighted by atomic mass is 10.1. The van der Waals surface area contributed by atoms with Crippen molar-refractivity contribution in [2.75, 3.05) is 6.54 Å². The summed E-state index contributed by atoms with van der Waals surface area (Å²) in [5, 5.41) is 0. The van der Waals surface area contributed by atoms with Gasteiger partial charge in [0.05, 0.1) is 3.79 Å². The van der Waals surface area contributed by atoms with Crippen LogP contribution in [0.1, 0.15) is 40.5 Å². The van der Waals surface area contributed by atoms with Crippen molar-refractivity contribution in [1.82, 2.24) is 4.31 Å². The van der Waals surface area contributed by atoms with E-state index in [2.05, 4.69) is 29.8 Å². The molecule has 0 bridgehead atoms. The molecule has 1 aromatic heterocycles. The summed E-state index contributed by atoms with van der Waals surface area (Å²) in [6.45, 7) is 8.76. The van der Waals surface area contributed by atoms with Crippen LogP contribution in [0.2, 0.25) is 0 Å². The molecule has 0 atom stereocenters. The minimum Gasteiger partial charge on any atom is -0.206 e. The van der Waals surface area contributed by atoms with E-state index < -0.39 is 10.0 Å². The Morgan fingerprint density at radius 2 is 1.84 bits per heavy atom. The van der Waals surface area contributed by atoms with E-state index in [4.69, 9.17) is 0 Å². The molecule has 1 heterocycles. The van der Waals surface area contributed by atoms with Crippen molar-refractivity contribution in [1.29, 1.82) is 0 Å². The van der Waals surface area contributed by atoms with E-state index in [1.807, 2.05) is 13.8 Å². The molecule has 0 saturated carbocycles. The van der Waals surface area contributed by atoms with Crippen LogP contribution in [0.5, 0.6) is 0 Å². The van der Waals surface area contributed by atoms with E-state index >= 15 is 0 Å². The largest absolute Gasteiger partial charge is 0.252 e. The first-order valence-corrected chi connectivity index (χ1v) is 9.65. The summed E-state index contributed by atoms with van der Waals surface area (Å²) in [7, 11) is -3.38. The van der Waals surface area contributed by atoms with Gasteiger partial charge in [0, 0.05) is 12.6 Å². The second-order valence-electron chi connectivity index (χ2n) is 5.00. The summed E-state index contributed by atoms with van der Waals surface area (Å²) in [6, 6.07) is 3.55. The SMILES string of the molecule is CCC(CC)N(CC(C)C)S(=O)(=O)c1ccc(Br)s1. The minimum absolute atomic E-state index is 0.0771. The Kier molecular flexibility index (Phi) is 6.50. The summed E-state index contributed by atoms with van der Waals surface area (Å²) < 4.78 is 28.5. The summed E-state index contributed by atoms with van der Waals surface area (Å²) in [5.74, 6) is 0.318. The van der Waals surface area contributed by atoms with Gasteiger partial charge in [-0.3, -0.25) is 0 Å². The predicted octanol–water partition coefficient (Wildman–Crippen LogP) is 4.35. The lowest BCUT2D eigenvalue weighted by molar-refractivity contribution is 0.277. The van der Waals surface area contributed by atoms with Crippen molar-refractivity contribution in [3.05, 3.63) is 15.9 Å². The van der Waals surface area contributed by atoms with Crippen LogP contribution >= 0.6 is 27.3 Å². The Labute approximate surface area is 129 Å². The van der Waals surface area contributed by atoms with Crippen molar-refractivity contribution in [3.8, 4) is 0 Å². The van der Waals surface area contributed by atoms with Crippen LogP contribution < -0.4 is 0 Å². The third-order valence-electron chi connectivity index (χ3n) is 3.01. The maximum Gasteiger partial charge on any atom is 0.252 e. The molecule has 1 rings (SSSR count). The summed E-state index contributed by atoms with van der Waals surface area (Å²) in [5.41, 5.74) is 0. The molecule has 0 aliphatic carbocycles. The molecule has 3 nitrogen and oxygen atoms in total. The summed E-state index contributed by atoms with van der Waals surface area (Å²) >= 11 is 4.61. The van der Waals surface area contributed by atoms with Gasteiger partial charge in [0.1, 0.15) is 4.21 Å². The van der Waals surface area contributed by atoms with Gasteiger partial charge in [0.25, 0.3) is 10.0 Å². The molecule has 0 spiro atoms. The fourth-order valence-electron chi connectivity index (χ4n) is 2.05. The molecule has 0 aliphatic heterocycles. The third kappa shape index (κ3) is 4.28. The van der Waals surface area contributed by atoms with Crippen LogP contribution in [0, 0.1) is 5.92 Å². The average molecular weight is 368 g/mol. The van der Waals surface area contributed by atoms with Crippen molar-refractivity contribution in [2.45, 2.75) is 50.8 Å². The molecular formula is C13H22BrNO2S2. The first-order valence-electron chi connectivity index (χ1n) is 6.60. The zero-order chi connectivity index (χ0) is 14.6. The monoisotopic (exact) mass is 367 g/mol.